The number of carbonyl (C=O) groups excluding carboxylic acids is 2. The number of anilines is 1. The van der Waals surface area contributed by atoms with Crippen LogP contribution in [0.5, 0.6) is 0 Å². The largest absolute Gasteiger partial charge is 0.452 e. The molecule has 0 saturated heterocycles. The molecule has 0 aliphatic rings. The van der Waals surface area contributed by atoms with Crippen molar-refractivity contribution in [1.82, 2.24) is 0 Å². The van der Waals surface area contributed by atoms with Gasteiger partial charge in [-0.2, -0.15) is 5.26 Å². The standard InChI is InChI=1S/C17H13BrN2O3S/c1-11-3-2-4-12(7-11)17(22)23-9-16(21)20-15-6-5-13(24-10-19)8-14(15)18/h2-8H,9H2,1H3,(H,20,21). The van der Waals surface area contributed by atoms with E-state index in [1.807, 2.05) is 18.4 Å². The van der Waals surface area contributed by atoms with Crippen LogP contribution in [0.2, 0.25) is 0 Å². The molecule has 2 rings (SSSR count). The van der Waals surface area contributed by atoms with Gasteiger partial charge >= 0.3 is 5.97 Å². The highest BCUT2D eigenvalue weighted by Crippen LogP contribution is 2.28. The van der Waals surface area contributed by atoms with Crippen molar-refractivity contribution in [3.8, 4) is 5.40 Å². The van der Waals surface area contributed by atoms with E-state index in [1.54, 1.807) is 36.4 Å². The van der Waals surface area contributed by atoms with Crippen LogP contribution < -0.4 is 5.32 Å². The van der Waals surface area contributed by atoms with Gasteiger partial charge in [0, 0.05) is 9.37 Å². The molecule has 0 fully saturated rings. The number of nitrogens with zero attached hydrogens (tertiary/aromatic N) is 1. The predicted octanol–water partition coefficient (Wildman–Crippen LogP) is 4.13. The van der Waals surface area contributed by atoms with Gasteiger partial charge in [-0.25, -0.2) is 4.79 Å². The highest BCUT2D eigenvalue weighted by molar-refractivity contribution is 9.10. The van der Waals surface area contributed by atoms with Gasteiger partial charge in [0.25, 0.3) is 5.91 Å². The summed E-state index contributed by atoms with van der Waals surface area (Å²) in [5, 5.41) is 13.3. The molecule has 24 heavy (non-hydrogen) atoms. The van der Waals surface area contributed by atoms with Crippen LogP contribution in [0.1, 0.15) is 15.9 Å². The number of ether oxygens (including phenoxy) is 1. The number of amides is 1. The Balaban J connectivity index is 1.92. The SMILES string of the molecule is Cc1cccc(C(=O)OCC(=O)Nc2ccc(SC#N)cc2Br)c1. The summed E-state index contributed by atoms with van der Waals surface area (Å²) in [5.41, 5.74) is 1.88. The van der Waals surface area contributed by atoms with E-state index < -0.39 is 11.9 Å². The van der Waals surface area contributed by atoms with Crippen molar-refractivity contribution in [1.29, 1.82) is 5.26 Å². The van der Waals surface area contributed by atoms with Crippen LogP contribution >= 0.6 is 27.7 Å². The summed E-state index contributed by atoms with van der Waals surface area (Å²) in [7, 11) is 0. The molecule has 0 radical (unpaired) electrons. The molecule has 0 aliphatic carbocycles. The molecular formula is C17H13BrN2O3S. The minimum Gasteiger partial charge on any atom is -0.452 e. The van der Waals surface area contributed by atoms with E-state index in [4.69, 9.17) is 10.00 Å². The van der Waals surface area contributed by atoms with Gasteiger partial charge in [0.05, 0.1) is 11.3 Å². The lowest BCUT2D eigenvalue weighted by Crippen LogP contribution is -2.21. The van der Waals surface area contributed by atoms with Crippen LogP contribution in [0.3, 0.4) is 0 Å². The summed E-state index contributed by atoms with van der Waals surface area (Å²) in [4.78, 5) is 24.6. The first-order valence-corrected chi connectivity index (χ1v) is 8.49. The van der Waals surface area contributed by atoms with Crippen LogP contribution in [-0.4, -0.2) is 18.5 Å². The van der Waals surface area contributed by atoms with Crippen molar-refractivity contribution in [3.63, 3.8) is 0 Å². The molecular weight excluding hydrogens is 392 g/mol. The Morgan fingerprint density at radius 1 is 1.29 bits per heavy atom. The van der Waals surface area contributed by atoms with E-state index in [-0.39, 0.29) is 6.61 Å². The van der Waals surface area contributed by atoms with Crippen LogP contribution in [0.15, 0.2) is 51.8 Å². The third kappa shape index (κ3) is 5.11. The zero-order valence-corrected chi connectivity index (χ0v) is 15.1. The zero-order valence-electron chi connectivity index (χ0n) is 12.7. The highest BCUT2D eigenvalue weighted by atomic mass is 79.9. The molecule has 0 unspecified atom stereocenters. The van der Waals surface area contributed by atoms with Gasteiger partial charge in [-0.15, -0.1) is 0 Å². The molecule has 0 saturated carbocycles. The smallest absolute Gasteiger partial charge is 0.338 e. The van der Waals surface area contributed by atoms with Gasteiger partial charge in [-0.05, 0) is 64.9 Å². The number of thiocyanates is 1. The van der Waals surface area contributed by atoms with Crippen molar-refractivity contribution in [2.24, 2.45) is 0 Å². The molecule has 1 amide bonds. The Bertz CT molecular complexity index is 818. The fraction of sp³-hybridized carbons (Fsp3) is 0.118. The van der Waals surface area contributed by atoms with E-state index >= 15 is 0 Å². The molecule has 0 aromatic heterocycles. The monoisotopic (exact) mass is 404 g/mol. The van der Waals surface area contributed by atoms with Gasteiger partial charge in [0.2, 0.25) is 0 Å². The lowest BCUT2D eigenvalue weighted by Gasteiger charge is -2.09. The molecule has 5 nitrogen and oxygen atoms in total. The van der Waals surface area contributed by atoms with E-state index in [2.05, 4.69) is 21.2 Å². The third-order valence-electron chi connectivity index (χ3n) is 2.97. The van der Waals surface area contributed by atoms with E-state index in [0.717, 1.165) is 22.2 Å². The minimum absolute atomic E-state index is 0.381. The number of benzene rings is 2. The molecule has 0 atom stereocenters. The molecule has 0 heterocycles. The number of nitrogens with one attached hydrogen (secondary N) is 1. The van der Waals surface area contributed by atoms with Crippen LogP contribution in [-0.2, 0) is 9.53 Å². The van der Waals surface area contributed by atoms with Crippen LogP contribution in [0, 0.1) is 17.6 Å². The second-order valence-electron chi connectivity index (χ2n) is 4.83. The molecule has 7 heteroatoms. The molecule has 2 aromatic carbocycles. The molecule has 122 valence electrons. The molecule has 0 bridgehead atoms. The Hall–Kier alpha value is -2.30. The summed E-state index contributed by atoms with van der Waals surface area (Å²) in [6.07, 6.45) is 0. The van der Waals surface area contributed by atoms with Crippen molar-refractivity contribution in [2.75, 3.05) is 11.9 Å². The number of esters is 1. The number of thioether (sulfide) groups is 1. The number of hydrogen-bond donors (Lipinski definition) is 1. The van der Waals surface area contributed by atoms with Gasteiger partial charge in [0.1, 0.15) is 5.40 Å². The molecule has 2 aromatic rings. The van der Waals surface area contributed by atoms with E-state index in [9.17, 15) is 9.59 Å². The predicted molar refractivity (Wildman–Crippen MR) is 95.7 cm³/mol. The first-order valence-electron chi connectivity index (χ1n) is 6.88. The number of hydrogen-bond acceptors (Lipinski definition) is 5. The van der Waals surface area contributed by atoms with Crippen LogP contribution in [0.4, 0.5) is 5.69 Å². The molecule has 0 aliphatic heterocycles. The summed E-state index contributed by atoms with van der Waals surface area (Å²) in [5.74, 6) is -0.994. The van der Waals surface area contributed by atoms with Gasteiger partial charge in [-0.3, -0.25) is 4.79 Å². The number of aryl methyl sites for hydroxylation is 1. The van der Waals surface area contributed by atoms with Gasteiger partial charge in [0.15, 0.2) is 6.61 Å². The average molecular weight is 405 g/mol. The topological polar surface area (TPSA) is 79.2 Å². The van der Waals surface area contributed by atoms with Crippen molar-refractivity contribution in [2.45, 2.75) is 11.8 Å². The first kappa shape index (κ1) is 18.0. The second kappa shape index (κ2) is 8.52. The molecule has 0 spiro atoms. The zero-order chi connectivity index (χ0) is 17.5. The highest BCUT2D eigenvalue weighted by Gasteiger charge is 2.12. The summed E-state index contributed by atoms with van der Waals surface area (Å²) in [6, 6.07) is 12.1. The maximum Gasteiger partial charge on any atom is 0.338 e. The quantitative estimate of drug-likeness (QED) is 0.460. The summed E-state index contributed by atoms with van der Waals surface area (Å²) in [6.45, 7) is 1.49. The fourth-order valence-electron chi connectivity index (χ4n) is 1.89. The summed E-state index contributed by atoms with van der Waals surface area (Å²) >= 11 is 4.35. The van der Waals surface area contributed by atoms with E-state index in [1.165, 1.54) is 0 Å². The van der Waals surface area contributed by atoms with Gasteiger partial charge in [-0.1, -0.05) is 17.7 Å². The Kier molecular flexibility index (Phi) is 6.41. The maximum absolute atomic E-state index is 11.9. The average Bonchev–Trinajstić information content (AvgIpc) is 2.55. The lowest BCUT2D eigenvalue weighted by molar-refractivity contribution is -0.119. The Morgan fingerprint density at radius 2 is 2.08 bits per heavy atom. The van der Waals surface area contributed by atoms with Crippen molar-refractivity contribution in [3.05, 3.63) is 58.1 Å². The second-order valence-corrected chi connectivity index (χ2v) is 6.54. The minimum atomic E-state index is -0.548. The van der Waals surface area contributed by atoms with E-state index in [0.29, 0.717) is 15.7 Å². The normalized spacial score (nSPS) is 9.88. The number of nitriles is 1. The number of rotatable bonds is 5. The Morgan fingerprint density at radius 3 is 2.75 bits per heavy atom. The number of carbonyl (C=O) groups is 2. The van der Waals surface area contributed by atoms with Crippen molar-refractivity contribution >= 4 is 45.3 Å². The van der Waals surface area contributed by atoms with Crippen molar-refractivity contribution < 1.29 is 14.3 Å². The first-order chi connectivity index (χ1) is 11.5. The molecule has 1 N–H and O–H groups in total. The van der Waals surface area contributed by atoms with Crippen LogP contribution in [0.25, 0.3) is 0 Å². The van der Waals surface area contributed by atoms with Gasteiger partial charge < -0.3 is 10.1 Å². The number of halogens is 1. The fourth-order valence-corrected chi connectivity index (χ4v) is 2.93. The summed E-state index contributed by atoms with van der Waals surface area (Å²) < 4.78 is 5.65. The Labute approximate surface area is 152 Å². The lowest BCUT2D eigenvalue weighted by atomic mass is 10.1. The maximum atomic E-state index is 11.9. The third-order valence-corrected chi connectivity index (χ3v) is 4.20.